The van der Waals surface area contributed by atoms with Gasteiger partial charge in [-0.05, 0) is 85.3 Å². The Kier molecular flexibility index (Phi) is 6.89. The van der Waals surface area contributed by atoms with Crippen molar-refractivity contribution < 1.29 is 4.42 Å². The molecule has 13 rings (SSSR count). The molecule has 274 valence electrons. The molecule has 0 amide bonds. The zero-order valence-corrected chi connectivity index (χ0v) is 32.5. The van der Waals surface area contributed by atoms with Crippen LogP contribution in [0.2, 0.25) is 0 Å². The van der Waals surface area contributed by atoms with Crippen LogP contribution >= 0.6 is 11.3 Å². The van der Waals surface area contributed by atoms with Gasteiger partial charge >= 0.3 is 0 Å². The van der Waals surface area contributed by atoms with E-state index in [2.05, 4.69) is 186 Å². The third-order valence-corrected chi connectivity index (χ3v) is 13.4. The van der Waals surface area contributed by atoms with Gasteiger partial charge in [0.2, 0.25) is 0 Å². The number of aromatic nitrogens is 2. The summed E-state index contributed by atoms with van der Waals surface area (Å²) in [5.41, 5.74) is 14.3. The lowest BCUT2D eigenvalue weighted by atomic mass is 9.91. The topological polar surface area (TPSA) is 30.4 Å². The van der Waals surface area contributed by atoms with Crippen molar-refractivity contribution in [2.75, 3.05) is 0 Å². The molecule has 4 heteroatoms. The summed E-state index contributed by atoms with van der Waals surface area (Å²) in [4.78, 5) is 5.25. The summed E-state index contributed by atoms with van der Waals surface area (Å²) in [7, 11) is 0. The molecule has 0 saturated heterocycles. The SMILES string of the molecule is c1ccc2c(c1)ccc1sc3c(cc(-c4ccc(-c5ccc(-c6ccc(-c7cccc8c7oc7ccccc78)cc6)c6ccccc56)cc4)n4c5ccccc5nc34)c12. The van der Waals surface area contributed by atoms with Crippen LogP contribution in [0, 0.1) is 0 Å². The van der Waals surface area contributed by atoms with E-state index in [0.29, 0.717) is 0 Å². The maximum atomic E-state index is 6.37. The number of hydrogen-bond donors (Lipinski definition) is 0. The second-order valence-electron chi connectivity index (χ2n) is 15.4. The van der Waals surface area contributed by atoms with E-state index < -0.39 is 0 Å². The van der Waals surface area contributed by atoms with Gasteiger partial charge < -0.3 is 4.42 Å². The van der Waals surface area contributed by atoms with E-state index >= 15 is 0 Å². The molecule has 0 aliphatic rings. The smallest absolute Gasteiger partial charge is 0.156 e. The Balaban J connectivity index is 0.914. The number of thiophene rings is 1. The summed E-state index contributed by atoms with van der Waals surface area (Å²) in [5.74, 6) is 0. The normalized spacial score (nSPS) is 12.1. The zero-order valence-electron chi connectivity index (χ0n) is 31.7. The van der Waals surface area contributed by atoms with E-state index in [4.69, 9.17) is 9.40 Å². The quantitative estimate of drug-likeness (QED) is 0.178. The average molecular weight is 769 g/mol. The van der Waals surface area contributed by atoms with Crippen molar-refractivity contribution in [1.29, 1.82) is 0 Å². The lowest BCUT2D eigenvalue weighted by Crippen LogP contribution is -1.93. The van der Waals surface area contributed by atoms with Gasteiger partial charge in [-0.25, -0.2) is 4.98 Å². The van der Waals surface area contributed by atoms with Gasteiger partial charge in [-0.3, -0.25) is 4.40 Å². The number of benzene rings is 9. The number of rotatable bonds is 4. The van der Waals surface area contributed by atoms with Crippen LogP contribution in [0.25, 0.3) is 125 Å². The van der Waals surface area contributed by atoms with Crippen LogP contribution in [0.5, 0.6) is 0 Å². The van der Waals surface area contributed by atoms with Gasteiger partial charge in [0.05, 0.1) is 21.4 Å². The summed E-state index contributed by atoms with van der Waals surface area (Å²) >= 11 is 1.84. The number of fused-ring (bicyclic) bond motifs is 13. The number of imidazole rings is 1. The van der Waals surface area contributed by atoms with Crippen LogP contribution in [0.3, 0.4) is 0 Å². The van der Waals surface area contributed by atoms with Crippen molar-refractivity contribution >= 4 is 91.7 Å². The second-order valence-corrected chi connectivity index (χ2v) is 16.5. The Morgan fingerprint density at radius 1 is 0.441 bits per heavy atom. The molecular formula is C55H32N2OS. The fourth-order valence-electron chi connectivity index (χ4n) is 9.46. The lowest BCUT2D eigenvalue weighted by molar-refractivity contribution is 0.670. The molecule has 9 aromatic carbocycles. The van der Waals surface area contributed by atoms with Crippen LogP contribution in [-0.2, 0) is 0 Å². The van der Waals surface area contributed by atoms with E-state index in [9.17, 15) is 0 Å². The molecule has 0 N–H and O–H groups in total. The average Bonchev–Trinajstić information content (AvgIpc) is 4.01. The summed E-state index contributed by atoms with van der Waals surface area (Å²) in [5, 5.41) is 9.85. The maximum Gasteiger partial charge on any atom is 0.156 e. The predicted octanol–water partition coefficient (Wildman–Crippen LogP) is 15.7. The third kappa shape index (κ3) is 4.84. The Labute approximate surface area is 342 Å². The van der Waals surface area contributed by atoms with Gasteiger partial charge in [0.15, 0.2) is 5.65 Å². The van der Waals surface area contributed by atoms with Crippen LogP contribution < -0.4 is 0 Å². The Hall–Kier alpha value is -7.53. The van der Waals surface area contributed by atoms with E-state index in [0.717, 1.165) is 61.0 Å². The minimum Gasteiger partial charge on any atom is -0.455 e. The molecular weight excluding hydrogens is 737 g/mol. The first kappa shape index (κ1) is 32.5. The summed E-state index contributed by atoms with van der Waals surface area (Å²) in [6, 6.07) is 70.2. The standard InChI is InChI=1S/C55H32N2OS/c1-2-11-40-33(10-1)28-31-51-52(40)46-32-49(57-48-18-7-6-17-47(48)56-55(57)54(46)59-51)37-26-24-35(25-27-37)39-30-29-38(42-12-3-4-13-43(39)42)34-20-22-36(23-21-34)41-15-9-16-45-44-14-5-8-19-50(44)58-53(41)45/h1-32H. The first-order chi connectivity index (χ1) is 29.2. The molecule has 0 aliphatic heterocycles. The highest BCUT2D eigenvalue weighted by Crippen LogP contribution is 2.44. The molecule has 4 heterocycles. The molecule has 3 nitrogen and oxygen atoms in total. The number of para-hydroxylation sites is 4. The zero-order chi connectivity index (χ0) is 38.6. The second kappa shape index (κ2) is 12.5. The van der Waals surface area contributed by atoms with Gasteiger partial charge in [-0.15, -0.1) is 11.3 Å². The first-order valence-electron chi connectivity index (χ1n) is 20.0. The van der Waals surface area contributed by atoms with Gasteiger partial charge in [0, 0.05) is 31.8 Å². The molecule has 13 aromatic rings. The molecule has 4 aromatic heterocycles. The minimum absolute atomic E-state index is 0.916. The highest BCUT2D eigenvalue weighted by molar-refractivity contribution is 7.26. The van der Waals surface area contributed by atoms with Gasteiger partial charge in [0.25, 0.3) is 0 Å². The lowest BCUT2D eigenvalue weighted by Gasteiger charge is -2.14. The Morgan fingerprint density at radius 3 is 1.81 bits per heavy atom. The molecule has 0 spiro atoms. The Bertz CT molecular complexity index is 3830. The molecule has 0 aliphatic carbocycles. The Morgan fingerprint density at radius 2 is 1.05 bits per heavy atom. The number of nitrogens with zero attached hydrogens (tertiary/aromatic N) is 2. The van der Waals surface area contributed by atoms with Crippen LogP contribution in [0.1, 0.15) is 0 Å². The van der Waals surface area contributed by atoms with E-state index in [1.165, 1.54) is 64.0 Å². The van der Waals surface area contributed by atoms with Crippen molar-refractivity contribution in [2.24, 2.45) is 0 Å². The molecule has 0 bridgehead atoms. The van der Waals surface area contributed by atoms with Gasteiger partial charge in [-0.1, -0.05) is 164 Å². The van der Waals surface area contributed by atoms with Gasteiger partial charge in [0.1, 0.15) is 11.2 Å². The monoisotopic (exact) mass is 768 g/mol. The van der Waals surface area contributed by atoms with Crippen molar-refractivity contribution in [3.8, 4) is 44.6 Å². The fraction of sp³-hybridized carbons (Fsp3) is 0. The molecule has 0 radical (unpaired) electrons. The summed E-state index contributed by atoms with van der Waals surface area (Å²) in [6.07, 6.45) is 0. The number of furan rings is 1. The van der Waals surface area contributed by atoms with E-state index in [1.807, 2.05) is 23.5 Å². The van der Waals surface area contributed by atoms with Crippen LogP contribution in [0.4, 0.5) is 0 Å². The highest BCUT2D eigenvalue weighted by atomic mass is 32.1. The van der Waals surface area contributed by atoms with Crippen molar-refractivity contribution in [3.05, 3.63) is 194 Å². The molecule has 0 saturated carbocycles. The first-order valence-corrected chi connectivity index (χ1v) is 20.8. The minimum atomic E-state index is 0.916. The highest BCUT2D eigenvalue weighted by Gasteiger charge is 2.20. The van der Waals surface area contributed by atoms with Crippen LogP contribution in [-0.4, -0.2) is 9.38 Å². The fourth-order valence-corrected chi connectivity index (χ4v) is 10.6. The molecule has 0 fully saturated rings. The van der Waals surface area contributed by atoms with Gasteiger partial charge in [-0.2, -0.15) is 0 Å². The predicted molar refractivity (Wildman–Crippen MR) is 250 cm³/mol. The largest absolute Gasteiger partial charge is 0.455 e. The third-order valence-electron chi connectivity index (χ3n) is 12.2. The number of hydrogen-bond acceptors (Lipinski definition) is 3. The van der Waals surface area contributed by atoms with Crippen molar-refractivity contribution in [1.82, 2.24) is 9.38 Å². The summed E-state index contributed by atoms with van der Waals surface area (Å²) < 4.78 is 11.2. The van der Waals surface area contributed by atoms with E-state index in [1.54, 1.807) is 0 Å². The van der Waals surface area contributed by atoms with Crippen LogP contribution in [0.15, 0.2) is 199 Å². The van der Waals surface area contributed by atoms with E-state index in [-0.39, 0.29) is 0 Å². The molecule has 0 unspecified atom stereocenters. The molecule has 59 heavy (non-hydrogen) atoms. The molecule has 0 atom stereocenters. The summed E-state index contributed by atoms with van der Waals surface area (Å²) in [6.45, 7) is 0. The van der Waals surface area contributed by atoms with Crippen molar-refractivity contribution in [2.45, 2.75) is 0 Å². The van der Waals surface area contributed by atoms with Crippen molar-refractivity contribution in [3.63, 3.8) is 0 Å². The number of pyridine rings is 1. The maximum absolute atomic E-state index is 6.37.